The molecule has 1 aliphatic heterocycles. The van der Waals surface area contributed by atoms with Crippen LogP contribution in [0.3, 0.4) is 0 Å². The molecule has 1 unspecified atom stereocenters. The minimum Gasteiger partial charge on any atom is -0.459 e. The molecule has 0 bridgehead atoms. The van der Waals surface area contributed by atoms with Crippen molar-refractivity contribution in [1.29, 1.82) is 0 Å². The van der Waals surface area contributed by atoms with E-state index >= 15 is 0 Å². The van der Waals surface area contributed by atoms with Crippen LogP contribution in [0.5, 0.6) is 0 Å². The number of furan rings is 1. The molecule has 4 aromatic rings. The van der Waals surface area contributed by atoms with Gasteiger partial charge >= 0.3 is 0 Å². The molecule has 5 rings (SSSR count). The molecule has 3 nitrogen and oxygen atoms in total. The van der Waals surface area contributed by atoms with Crippen molar-refractivity contribution in [3.8, 4) is 5.69 Å². The van der Waals surface area contributed by atoms with Crippen LogP contribution in [-0.4, -0.2) is 4.57 Å². The van der Waals surface area contributed by atoms with Crippen LogP contribution in [-0.2, 0) is 6.54 Å². The molecule has 24 heavy (non-hydrogen) atoms. The Morgan fingerprint density at radius 1 is 1.04 bits per heavy atom. The lowest BCUT2D eigenvalue weighted by Gasteiger charge is -2.15. The summed E-state index contributed by atoms with van der Waals surface area (Å²) in [5, 5.41) is 4.82. The van der Waals surface area contributed by atoms with Crippen molar-refractivity contribution in [2.24, 2.45) is 0 Å². The molecule has 0 saturated heterocycles. The van der Waals surface area contributed by atoms with E-state index in [4.69, 9.17) is 4.42 Å². The third-order valence-corrected chi connectivity index (χ3v) is 4.87. The fraction of sp³-hybridized carbons (Fsp3) is 0.143. The van der Waals surface area contributed by atoms with Gasteiger partial charge < -0.3 is 8.98 Å². The van der Waals surface area contributed by atoms with Gasteiger partial charge in [0.05, 0.1) is 0 Å². The van der Waals surface area contributed by atoms with Crippen LogP contribution in [0.25, 0.3) is 16.7 Å². The monoisotopic (exact) mass is 314 g/mol. The Morgan fingerprint density at radius 3 is 2.88 bits per heavy atom. The average Bonchev–Trinajstić information content (AvgIpc) is 3.21. The zero-order valence-corrected chi connectivity index (χ0v) is 13.5. The number of benzene rings is 2. The summed E-state index contributed by atoms with van der Waals surface area (Å²) in [4.78, 5) is 0. The van der Waals surface area contributed by atoms with E-state index in [0.29, 0.717) is 0 Å². The summed E-state index contributed by atoms with van der Waals surface area (Å²) in [6.07, 6.45) is 2.13. The Labute approximate surface area is 140 Å². The molecule has 118 valence electrons. The van der Waals surface area contributed by atoms with Crippen molar-refractivity contribution in [3.05, 3.63) is 89.4 Å². The fourth-order valence-corrected chi connectivity index (χ4v) is 3.68. The van der Waals surface area contributed by atoms with Crippen LogP contribution < -0.4 is 5.32 Å². The highest BCUT2D eigenvalue weighted by molar-refractivity contribution is 5.81. The molecule has 3 heterocycles. The smallest absolute Gasteiger partial charge is 0.137 e. The molecule has 0 saturated carbocycles. The molecule has 1 atom stereocenters. The zero-order valence-electron chi connectivity index (χ0n) is 13.5. The summed E-state index contributed by atoms with van der Waals surface area (Å²) in [7, 11) is 0. The first-order chi connectivity index (χ1) is 11.8. The second-order valence-electron chi connectivity index (χ2n) is 6.39. The van der Waals surface area contributed by atoms with Crippen LogP contribution in [0.15, 0.2) is 71.3 Å². The average molecular weight is 314 g/mol. The Bertz CT molecular complexity index is 1040. The van der Waals surface area contributed by atoms with E-state index in [1.54, 1.807) is 0 Å². The van der Waals surface area contributed by atoms with Crippen LogP contribution >= 0.6 is 0 Å². The van der Waals surface area contributed by atoms with Crippen molar-refractivity contribution in [3.63, 3.8) is 0 Å². The summed E-state index contributed by atoms with van der Waals surface area (Å²) >= 11 is 0. The lowest BCUT2D eigenvalue weighted by molar-refractivity contribution is 0.465. The van der Waals surface area contributed by atoms with E-state index in [1.165, 1.54) is 22.5 Å². The van der Waals surface area contributed by atoms with E-state index in [9.17, 15) is 0 Å². The molecular formula is C21H18N2O. The number of hydrogen-bond donors (Lipinski definition) is 1. The predicted molar refractivity (Wildman–Crippen MR) is 95.4 cm³/mol. The number of aryl methyl sites for hydroxylation is 1. The second kappa shape index (κ2) is 5.11. The predicted octanol–water partition coefficient (Wildman–Crippen LogP) is 4.72. The Balaban J connectivity index is 1.68. The van der Waals surface area contributed by atoms with Gasteiger partial charge in [0.1, 0.15) is 17.4 Å². The Kier molecular flexibility index (Phi) is 2.91. The van der Waals surface area contributed by atoms with Crippen LogP contribution in [0.1, 0.15) is 28.6 Å². The summed E-state index contributed by atoms with van der Waals surface area (Å²) in [6, 6.07) is 21.3. The molecule has 1 aliphatic rings. The van der Waals surface area contributed by atoms with Crippen LogP contribution in [0.2, 0.25) is 0 Å². The molecule has 2 aromatic heterocycles. The quantitative estimate of drug-likeness (QED) is 0.551. The number of para-hydroxylation sites is 2. The van der Waals surface area contributed by atoms with Crippen LogP contribution in [0, 0.1) is 6.92 Å². The summed E-state index contributed by atoms with van der Waals surface area (Å²) in [5.74, 6) is 0.965. The molecule has 0 fully saturated rings. The molecule has 0 amide bonds. The van der Waals surface area contributed by atoms with Gasteiger partial charge in [0.25, 0.3) is 0 Å². The first kappa shape index (κ1) is 13.6. The largest absolute Gasteiger partial charge is 0.459 e. The maximum absolute atomic E-state index is 6.24. The SMILES string of the molecule is Cc1cccc2cc(C3NCc4ccccc4-n4cccc43)oc12. The van der Waals surface area contributed by atoms with E-state index < -0.39 is 0 Å². The van der Waals surface area contributed by atoms with E-state index in [1.807, 2.05) is 0 Å². The first-order valence-corrected chi connectivity index (χ1v) is 8.29. The van der Waals surface area contributed by atoms with Gasteiger partial charge in [0.15, 0.2) is 0 Å². The molecule has 2 aromatic carbocycles. The highest BCUT2D eigenvalue weighted by Crippen LogP contribution is 2.33. The van der Waals surface area contributed by atoms with Gasteiger partial charge in [0.2, 0.25) is 0 Å². The Morgan fingerprint density at radius 2 is 1.96 bits per heavy atom. The number of nitrogens with zero attached hydrogens (tertiary/aromatic N) is 1. The summed E-state index contributed by atoms with van der Waals surface area (Å²) in [6.45, 7) is 2.91. The molecular weight excluding hydrogens is 296 g/mol. The third kappa shape index (κ3) is 1.95. The normalized spacial score (nSPS) is 16.6. The second-order valence-corrected chi connectivity index (χ2v) is 6.39. The molecule has 0 radical (unpaired) electrons. The minimum absolute atomic E-state index is 0.0409. The summed E-state index contributed by atoms with van der Waals surface area (Å²) in [5.41, 5.74) is 5.89. The molecule has 0 aliphatic carbocycles. The van der Waals surface area contributed by atoms with Gasteiger partial charge in [-0.1, -0.05) is 36.4 Å². The highest BCUT2D eigenvalue weighted by Gasteiger charge is 2.25. The standard InChI is InChI=1S/C21H18N2O/c1-14-6-4-8-15-12-19(24-21(14)15)20-18-10-5-11-23(18)17-9-3-2-7-16(17)13-22-20/h2-12,20,22H,13H2,1H3. The number of nitrogens with one attached hydrogen (secondary N) is 1. The van der Waals surface area contributed by atoms with Crippen molar-refractivity contribution < 1.29 is 4.42 Å². The van der Waals surface area contributed by atoms with E-state index in [-0.39, 0.29) is 6.04 Å². The van der Waals surface area contributed by atoms with Gasteiger partial charge in [-0.05, 0) is 42.3 Å². The third-order valence-electron chi connectivity index (χ3n) is 4.87. The molecule has 0 spiro atoms. The molecule has 1 N–H and O–H groups in total. The van der Waals surface area contributed by atoms with Crippen molar-refractivity contribution in [1.82, 2.24) is 9.88 Å². The Hall–Kier alpha value is -2.78. The van der Waals surface area contributed by atoms with E-state index in [2.05, 4.69) is 83.7 Å². The van der Waals surface area contributed by atoms with E-state index in [0.717, 1.165) is 23.3 Å². The maximum Gasteiger partial charge on any atom is 0.137 e. The van der Waals surface area contributed by atoms with Gasteiger partial charge in [-0.15, -0.1) is 0 Å². The lowest BCUT2D eigenvalue weighted by Crippen LogP contribution is -2.20. The van der Waals surface area contributed by atoms with Gasteiger partial charge in [-0.2, -0.15) is 0 Å². The number of rotatable bonds is 1. The van der Waals surface area contributed by atoms with Gasteiger partial charge in [0, 0.05) is 29.5 Å². The topological polar surface area (TPSA) is 30.1 Å². The van der Waals surface area contributed by atoms with Gasteiger partial charge in [-0.25, -0.2) is 0 Å². The van der Waals surface area contributed by atoms with Crippen LogP contribution in [0.4, 0.5) is 0 Å². The van der Waals surface area contributed by atoms with Crippen molar-refractivity contribution >= 4 is 11.0 Å². The first-order valence-electron chi connectivity index (χ1n) is 8.29. The minimum atomic E-state index is 0.0409. The number of hydrogen-bond acceptors (Lipinski definition) is 2. The van der Waals surface area contributed by atoms with Gasteiger partial charge in [-0.3, -0.25) is 5.32 Å². The maximum atomic E-state index is 6.24. The van der Waals surface area contributed by atoms with Crippen molar-refractivity contribution in [2.45, 2.75) is 19.5 Å². The fourth-order valence-electron chi connectivity index (χ4n) is 3.68. The number of aromatic nitrogens is 1. The van der Waals surface area contributed by atoms with Crippen molar-refractivity contribution in [2.75, 3.05) is 0 Å². The highest BCUT2D eigenvalue weighted by atomic mass is 16.3. The summed E-state index contributed by atoms with van der Waals surface area (Å²) < 4.78 is 8.51. The number of fused-ring (bicyclic) bond motifs is 4. The zero-order chi connectivity index (χ0) is 16.1. The lowest BCUT2D eigenvalue weighted by atomic mass is 10.1. The molecule has 3 heteroatoms.